The Morgan fingerprint density at radius 3 is 2.86 bits per heavy atom. The number of esters is 1. The van der Waals surface area contributed by atoms with Gasteiger partial charge in [-0.05, 0) is 26.2 Å². The van der Waals surface area contributed by atoms with Crippen molar-refractivity contribution in [3.05, 3.63) is 35.5 Å². The first kappa shape index (κ1) is 10.8. The summed E-state index contributed by atoms with van der Waals surface area (Å²) < 4.78 is 4.53. The molecule has 0 heterocycles. The summed E-state index contributed by atoms with van der Waals surface area (Å²) in [7, 11) is 1.39. The average Bonchev–Trinajstić information content (AvgIpc) is 2.19. The van der Waals surface area contributed by atoms with E-state index in [2.05, 4.69) is 30.7 Å². The van der Waals surface area contributed by atoms with Crippen molar-refractivity contribution in [3.63, 3.8) is 0 Å². The second kappa shape index (κ2) is 4.80. The number of carbonyl (C=O) groups is 1. The summed E-state index contributed by atoms with van der Waals surface area (Å²) in [6.07, 6.45) is 8.59. The molecule has 1 atom stereocenters. The number of hydrogen-bond acceptors (Lipinski definition) is 2. The van der Waals surface area contributed by atoms with Crippen molar-refractivity contribution in [1.29, 1.82) is 0 Å². The third kappa shape index (κ3) is 2.87. The van der Waals surface area contributed by atoms with Crippen molar-refractivity contribution in [2.45, 2.75) is 20.3 Å². The van der Waals surface area contributed by atoms with Crippen LogP contribution in [0.5, 0.6) is 0 Å². The number of allylic oxidation sites excluding steroid dienone is 5. The molecule has 76 valence electrons. The van der Waals surface area contributed by atoms with Crippen molar-refractivity contribution in [3.8, 4) is 0 Å². The Bertz CT molecular complexity index is 308. The molecule has 0 aliphatic heterocycles. The van der Waals surface area contributed by atoms with E-state index in [-0.39, 0.29) is 5.97 Å². The van der Waals surface area contributed by atoms with Crippen LogP contribution in [0, 0.1) is 5.92 Å². The fraction of sp³-hybridized carbons (Fsp3) is 0.417. The van der Waals surface area contributed by atoms with Gasteiger partial charge in [0.15, 0.2) is 0 Å². The Morgan fingerprint density at radius 1 is 1.57 bits per heavy atom. The number of carbonyl (C=O) groups excluding carboxylic acids is 1. The van der Waals surface area contributed by atoms with Crippen LogP contribution >= 0.6 is 0 Å². The number of rotatable bonds is 2. The molecule has 0 saturated carbocycles. The van der Waals surface area contributed by atoms with Crippen LogP contribution in [-0.4, -0.2) is 13.1 Å². The Hall–Kier alpha value is -1.31. The van der Waals surface area contributed by atoms with Crippen molar-refractivity contribution >= 4 is 5.97 Å². The van der Waals surface area contributed by atoms with Crippen LogP contribution in [0.2, 0.25) is 0 Å². The topological polar surface area (TPSA) is 26.3 Å². The molecule has 1 aliphatic carbocycles. The third-order valence-electron chi connectivity index (χ3n) is 2.49. The molecule has 0 amide bonds. The molecular formula is C12H16O2. The third-order valence-corrected chi connectivity index (χ3v) is 2.49. The van der Waals surface area contributed by atoms with Gasteiger partial charge in [-0.1, -0.05) is 29.4 Å². The van der Waals surface area contributed by atoms with Gasteiger partial charge in [-0.2, -0.15) is 0 Å². The molecule has 0 radical (unpaired) electrons. The first-order chi connectivity index (χ1) is 6.63. The smallest absolute Gasteiger partial charge is 0.330 e. The second-order valence-corrected chi connectivity index (χ2v) is 3.57. The van der Waals surface area contributed by atoms with Crippen molar-refractivity contribution < 1.29 is 9.53 Å². The van der Waals surface area contributed by atoms with E-state index in [1.165, 1.54) is 24.3 Å². The lowest BCUT2D eigenvalue weighted by atomic mass is 9.91. The number of methoxy groups -OCH3 is 1. The zero-order chi connectivity index (χ0) is 10.6. The van der Waals surface area contributed by atoms with Crippen LogP contribution in [0.15, 0.2) is 35.5 Å². The van der Waals surface area contributed by atoms with E-state index in [0.29, 0.717) is 5.92 Å². The van der Waals surface area contributed by atoms with E-state index in [1.807, 2.05) is 6.08 Å². The Morgan fingerprint density at radius 2 is 2.29 bits per heavy atom. The minimum Gasteiger partial charge on any atom is -0.466 e. The predicted octanol–water partition coefficient (Wildman–Crippen LogP) is 2.63. The lowest BCUT2D eigenvalue weighted by Crippen LogP contribution is -2.02. The van der Waals surface area contributed by atoms with Crippen molar-refractivity contribution in [2.24, 2.45) is 5.92 Å². The van der Waals surface area contributed by atoms with Gasteiger partial charge >= 0.3 is 5.97 Å². The SMILES string of the molecule is COC(=O)C=CC1C=CC(C)=C(C)C1. The van der Waals surface area contributed by atoms with Gasteiger partial charge in [0.05, 0.1) is 7.11 Å². The van der Waals surface area contributed by atoms with Gasteiger partial charge in [-0.15, -0.1) is 0 Å². The molecule has 2 nitrogen and oxygen atoms in total. The Labute approximate surface area is 85.0 Å². The minimum atomic E-state index is -0.290. The summed E-state index contributed by atoms with van der Waals surface area (Å²) in [5.74, 6) is 0.0418. The second-order valence-electron chi connectivity index (χ2n) is 3.57. The van der Waals surface area contributed by atoms with Crippen LogP contribution < -0.4 is 0 Å². The van der Waals surface area contributed by atoms with Gasteiger partial charge in [0.1, 0.15) is 0 Å². The van der Waals surface area contributed by atoms with Crippen LogP contribution in [0.25, 0.3) is 0 Å². The summed E-state index contributed by atoms with van der Waals surface area (Å²) in [4.78, 5) is 10.9. The van der Waals surface area contributed by atoms with Crippen LogP contribution in [0.4, 0.5) is 0 Å². The van der Waals surface area contributed by atoms with Gasteiger partial charge in [0, 0.05) is 6.08 Å². The van der Waals surface area contributed by atoms with E-state index in [1.54, 1.807) is 0 Å². The minimum absolute atomic E-state index is 0.290. The molecule has 0 aromatic carbocycles. The molecule has 0 aromatic rings. The van der Waals surface area contributed by atoms with Gasteiger partial charge in [0.2, 0.25) is 0 Å². The normalized spacial score (nSPS) is 21.8. The van der Waals surface area contributed by atoms with Gasteiger partial charge in [0.25, 0.3) is 0 Å². The first-order valence-electron chi connectivity index (χ1n) is 4.74. The zero-order valence-corrected chi connectivity index (χ0v) is 8.91. The van der Waals surface area contributed by atoms with Crippen molar-refractivity contribution in [1.82, 2.24) is 0 Å². The summed E-state index contributed by atoms with van der Waals surface area (Å²) in [5.41, 5.74) is 2.71. The van der Waals surface area contributed by atoms with E-state index >= 15 is 0 Å². The Kier molecular flexibility index (Phi) is 3.69. The molecule has 0 spiro atoms. The van der Waals surface area contributed by atoms with E-state index in [0.717, 1.165) is 6.42 Å². The average molecular weight is 192 g/mol. The molecule has 0 fully saturated rings. The maximum atomic E-state index is 10.9. The highest BCUT2D eigenvalue weighted by molar-refractivity contribution is 5.81. The molecule has 0 bridgehead atoms. The summed E-state index contributed by atoms with van der Waals surface area (Å²) in [6, 6.07) is 0. The van der Waals surface area contributed by atoms with Crippen LogP contribution in [0.1, 0.15) is 20.3 Å². The standard InChI is InChI=1S/C12H16O2/c1-9-4-5-11(8-10(9)2)6-7-12(13)14-3/h4-7,11H,8H2,1-3H3. The van der Waals surface area contributed by atoms with Crippen LogP contribution in [-0.2, 0) is 9.53 Å². The molecule has 0 aromatic heterocycles. The van der Waals surface area contributed by atoms with Gasteiger partial charge < -0.3 is 4.74 Å². The monoisotopic (exact) mass is 192 g/mol. The number of ether oxygens (including phenoxy) is 1. The molecule has 1 unspecified atom stereocenters. The van der Waals surface area contributed by atoms with E-state index < -0.39 is 0 Å². The molecule has 14 heavy (non-hydrogen) atoms. The first-order valence-corrected chi connectivity index (χ1v) is 4.74. The molecular weight excluding hydrogens is 176 g/mol. The highest BCUT2D eigenvalue weighted by Crippen LogP contribution is 2.23. The van der Waals surface area contributed by atoms with Crippen LogP contribution in [0.3, 0.4) is 0 Å². The van der Waals surface area contributed by atoms with Crippen molar-refractivity contribution in [2.75, 3.05) is 7.11 Å². The fourth-order valence-corrected chi connectivity index (χ4v) is 1.40. The molecule has 0 saturated heterocycles. The maximum absolute atomic E-state index is 10.9. The maximum Gasteiger partial charge on any atom is 0.330 e. The largest absolute Gasteiger partial charge is 0.466 e. The van der Waals surface area contributed by atoms with E-state index in [9.17, 15) is 4.79 Å². The Balaban J connectivity index is 2.56. The van der Waals surface area contributed by atoms with Gasteiger partial charge in [-0.3, -0.25) is 0 Å². The predicted molar refractivity (Wildman–Crippen MR) is 56.8 cm³/mol. The summed E-state index contributed by atoms with van der Waals surface area (Å²) in [5, 5.41) is 0. The van der Waals surface area contributed by atoms with E-state index in [4.69, 9.17) is 0 Å². The molecule has 0 N–H and O–H groups in total. The summed E-state index contributed by atoms with van der Waals surface area (Å²) in [6.45, 7) is 4.23. The highest BCUT2D eigenvalue weighted by Gasteiger charge is 2.08. The highest BCUT2D eigenvalue weighted by atomic mass is 16.5. The molecule has 1 rings (SSSR count). The quantitative estimate of drug-likeness (QED) is 0.496. The summed E-state index contributed by atoms with van der Waals surface area (Å²) >= 11 is 0. The van der Waals surface area contributed by atoms with Gasteiger partial charge in [-0.25, -0.2) is 4.79 Å². The lowest BCUT2D eigenvalue weighted by Gasteiger charge is -2.15. The molecule has 2 heteroatoms. The zero-order valence-electron chi connectivity index (χ0n) is 8.91. The fourth-order valence-electron chi connectivity index (χ4n) is 1.40. The lowest BCUT2D eigenvalue weighted by molar-refractivity contribution is -0.134. The molecule has 1 aliphatic rings. The number of hydrogen-bond donors (Lipinski definition) is 0.